The van der Waals surface area contributed by atoms with E-state index in [0.29, 0.717) is 6.54 Å². The molecule has 0 spiro atoms. The molecule has 0 aromatic heterocycles. The molecule has 0 saturated heterocycles. The second-order valence-corrected chi connectivity index (χ2v) is 3.33. The van der Waals surface area contributed by atoms with E-state index in [1.54, 1.807) is 0 Å². The summed E-state index contributed by atoms with van der Waals surface area (Å²) >= 11 is 5.33. The van der Waals surface area contributed by atoms with Crippen molar-refractivity contribution < 1.29 is 9.59 Å². The molecule has 14 heavy (non-hydrogen) atoms. The minimum atomic E-state index is -0.434. The van der Waals surface area contributed by atoms with Gasteiger partial charge in [-0.25, -0.2) is 4.79 Å². The molecule has 3 amide bonds. The van der Waals surface area contributed by atoms with Crippen LogP contribution in [0.5, 0.6) is 0 Å². The zero-order chi connectivity index (χ0) is 10.8. The minimum Gasteiger partial charge on any atom is -0.338 e. The van der Waals surface area contributed by atoms with E-state index >= 15 is 0 Å². The van der Waals surface area contributed by atoms with Crippen molar-refractivity contribution >= 4 is 23.5 Å². The molecule has 0 aliphatic carbocycles. The summed E-state index contributed by atoms with van der Waals surface area (Å²) in [5.74, 6) is -0.109. The third kappa shape index (κ3) is 7.86. The van der Waals surface area contributed by atoms with Crippen LogP contribution in [0.2, 0.25) is 0 Å². The van der Waals surface area contributed by atoms with Crippen molar-refractivity contribution in [1.82, 2.24) is 10.6 Å². The van der Waals surface area contributed by atoms with E-state index in [1.165, 1.54) is 0 Å². The van der Waals surface area contributed by atoms with Gasteiger partial charge >= 0.3 is 6.03 Å². The monoisotopic (exact) mass is 220 g/mol. The van der Waals surface area contributed by atoms with Crippen molar-refractivity contribution in [2.75, 3.05) is 12.4 Å². The summed E-state index contributed by atoms with van der Waals surface area (Å²) in [7, 11) is 0. The zero-order valence-corrected chi connectivity index (χ0v) is 9.19. The lowest BCUT2D eigenvalue weighted by Crippen LogP contribution is -2.39. The average Bonchev–Trinajstić information content (AvgIpc) is 2.13. The molecule has 0 bridgehead atoms. The predicted octanol–water partition coefficient (Wildman–Crippen LogP) is 1.63. The van der Waals surface area contributed by atoms with Crippen LogP contribution < -0.4 is 10.6 Å². The van der Waals surface area contributed by atoms with E-state index in [2.05, 4.69) is 17.6 Å². The number of hydrogen-bond acceptors (Lipinski definition) is 2. The van der Waals surface area contributed by atoms with Crippen molar-refractivity contribution in [3.63, 3.8) is 0 Å². The average molecular weight is 221 g/mol. The summed E-state index contributed by atoms with van der Waals surface area (Å²) < 4.78 is 0. The van der Waals surface area contributed by atoms with Crippen molar-refractivity contribution in [3.8, 4) is 0 Å². The first kappa shape index (κ1) is 13.2. The number of carbonyl (C=O) groups excluding carboxylic acids is 2. The second kappa shape index (κ2) is 8.81. The predicted molar refractivity (Wildman–Crippen MR) is 56.4 cm³/mol. The fourth-order valence-electron chi connectivity index (χ4n) is 0.896. The highest BCUT2D eigenvalue weighted by molar-refractivity contribution is 6.19. The Morgan fingerprint density at radius 1 is 1.29 bits per heavy atom. The van der Waals surface area contributed by atoms with E-state index in [-0.39, 0.29) is 18.2 Å². The fraction of sp³-hybridized carbons (Fsp3) is 0.778. The largest absolute Gasteiger partial charge is 0.338 e. The quantitative estimate of drug-likeness (QED) is 0.528. The van der Waals surface area contributed by atoms with Crippen LogP contribution in [-0.4, -0.2) is 24.4 Å². The Labute approximate surface area is 89.4 Å². The molecule has 0 fully saturated rings. The summed E-state index contributed by atoms with van der Waals surface area (Å²) in [6.07, 6.45) is 3.29. The van der Waals surface area contributed by atoms with Gasteiger partial charge in [0.05, 0.1) is 0 Å². The topological polar surface area (TPSA) is 58.2 Å². The summed E-state index contributed by atoms with van der Waals surface area (Å²) in [6.45, 7) is 2.69. The zero-order valence-electron chi connectivity index (χ0n) is 8.44. The smallest absolute Gasteiger partial charge is 0.321 e. The molecule has 0 aliphatic heterocycles. The van der Waals surface area contributed by atoms with E-state index < -0.39 is 6.03 Å². The first-order valence-electron chi connectivity index (χ1n) is 4.84. The number of unbranched alkanes of at least 4 members (excludes halogenated alkanes) is 2. The van der Waals surface area contributed by atoms with Crippen LogP contribution in [0, 0.1) is 0 Å². The number of rotatable bonds is 6. The Bertz CT molecular complexity index is 186. The van der Waals surface area contributed by atoms with Crippen molar-refractivity contribution in [1.29, 1.82) is 0 Å². The molecule has 0 rings (SSSR count). The van der Waals surface area contributed by atoms with Crippen molar-refractivity contribution in [3.05, 3.63) is 0 Å². The Balaban J connectivity index is 3.40. The van der Waals surface area contributed by atoms with Gasteiger partial charge in [0, 0.05) is 18.8 Å². The van der Waals surface area contributed by atoms with Crippen LogP contribution in [-0.2, 0) is 4.79 Å². The number of urea groups is 1. The van der Waals surface area contributed by atoms with E-state index in [4.69, 9.17) is 11.6 Å². The molecule has 0 saturated carbocycles. The number of alkyl halides is 1. The lowest BCUT2D eigenvalue weighted by molar-refractivity contribution is -0.119. The third-order valence-corrected chi connectivity index (χ3v) is 1.83. The number of amides is 3. The van der Waals surface area contributed by atoms with Crippen LogP contribution in [0.4, 0.5) is 4.79 Å². The van der Waals surface area contributed by atoms with Gasteiger partial charge in [0.25, 0.3) is 0 Å². The van der Waals surface area contributed by atoms with Gasteiger partial charge in [-0.3, -0.25) is 10.1 Å². The molecule has 0 unspecified atom stereocenters. The summed E-state index contributed by atoms with van der Waals surface area (Å²) in [4.78, 5) is 21.9. The second-order valence-electron chi connectivity index (χ2n) is 2.95. The lowest BCUT2D eigenvalue weighted by atomic mass is 10.2. The van der Waals surface area contributed by atoms with Gasteiger partial charge in [-0.1, -0.05) is 19.8 Å². The van der Waals surface area contributed by atoms with E-state index in [1.807, 2.05) is 0 Å². The Morgan fingerprint density at radius 3 is 2.57 bits per heavy atom. The first-order valence-corrected chi connectivity index (χ1v) is 5.37. The molecule has 0 heterocycles. The van der Waals surface area contributed by atoms with E-state index in [0.717, 1.165) is 19.3 Å². The van der Waals surface area contributed by atoms with Gasteiger partial charge in [-0.15, -0.1) is 11.6 Å². The highest BCUT2D eigenvalue weighted by atomic mass is 35.5. The van der Waals surface area contributed by atoms with Crippen molar-refractivity contribution in [2.24, 2.45) is 0 Å². The molecule has 0 atom stereocenters. The maximum atomic E-state index is 11.0. The van der Waals surface area contributed by atoms with Crippen LogP contribution in [0.1, 0.15) is 32.6 Å². The van der Waals surface area contributed by atoms with Gasteiger partial charge in [0.2, 0.25) is 5.91 Å². The highest BCUT2D eigenvalue weighted by Crippen LogP contribution is 1.90. The molecule has 4 nitrogen and oxygen atoms in total. The third-order valence-electron chi connectivity index (χ3n) is 1.64. The number of halogens is 1. The maximum Gasteiger partial charge on any atom is 0.321 e. The normalized spacial score (nSPS) is 9.57. The molecule has 2 N–H and O–H groups in total. The number of imide groups is 1. The standard InChI is InChI=1S/C9H17ClN2O2/c1-2-3-4-7-11-9(14)12-8(13)5-6-10/h2-7H2,1H3,(H2,11,12,13,14). The van der Waals surface area contributed by atoms with E-state index in [9.17, 15) is 9.59 Å². The first-order chi connectivity index (χ1) is 6.70. The SMILES string of the molecule is CCCCCNC(=O)NC(=O)CCCl. The van der Waals surface area contributed by atoms with Crippen LogP contribution in [0.3, 0.4) is 0 Å². The Kier molecular flexibility index (Phi) is 8.33. The summed E-state index contributed by atoms with van der Waals surface area (Å²) in [5.41, 5.74) is 0. The maximum absolute atomic E-state index is 11.0. The van der Waals surface area contributed by atoms with Gasteiger partial charge in [-0.2, -0.15) is 0 Å². The Morgan fingerprint density at radius 2 is 2.00 bits per heavy atom. The number of hydrogen-bond donors (Lipinski definition) is 2. The molecule has 0 aromatic carbocycles. The molecule has 5 heteroatoms. The van der Waals surface area contributed by atoms with Crippen molar-refractivity contribution in [2.45, 2.75) is 32.6 Å². The molecule has 82 valence electrons. The molecule has 0 radical (unpaired) electrons. The molecular weight excluding hydrogens is 204 g/mol. The van der Waals surface area contributed by atoms with Gasteiger partial charge < -0.3 is 5.32 Å². The summed E-state index contributed by atoms with van der Waals surface area (Å²) in [6, 6.07) is -0.434. The highest BCUT2D eigenvalue weighted by Gasteiger charge is 2.04. The molecular formula is C9H17ClN2O2. The fourth-order valence-corrected chi connectivity index (χ4v) is 1.07. The van der Waals surface area contributed by atoms with Gasteiger partial charge in [0.15, 0.2) is 0 Å². The van der Waals surface area contributed by atoms with Gasteiger partial charge in [-0.05, 0) is 6.42 Å². The lowest BCUT2D eigenvalue weighted by Gasteiger charge is -2.04. The Hall–Kier alpha value is -0.770. The van der Waals surface area contributed by atoms with Crippen LogP contribution in [0.15, 0.2) is 0 Å². The van der Waals surface area contributed by atoms with Crippen LogP contribution in [0.25, 0.3) is 0 Å². The number of carbonyl (C=O) groups is 2. The van der Waals surface area contributed by atoms with Gasteiger partial charge in [0.1, 0.15) is 0 Å². The minimum absolute atomic E-state index is 0.171. The number of nitrogens with one attached hydrogen (secondary N) is 2. The molecule has 0 aromatic rings. The summed E-state index contributed by atoms with van der Waals surface area (Å²) in [5, 5.41) is 4.78. The van der Waals surface area contributed by atoms with Crippen LogP contribution >= 0.6 is 11.6 Å². The molecule has 0 aliphatic rings.